The minimum Gasteiger partial charge on any atom is -0.462 e. The zero-order valence-corrected chi connectivity index (χ0v) is 8.27. The normalized spacial score (nSPS) is 11.9. The third-order valence-corrected chi connectivity index (χ3v) is 1.78. The van der Waals surface area contributed by atoms with E-state index in [9.17, 15) is 14.0 Å². The Bertz CT molecular complexity index is 348. The van der Waals surface area contributed by atoms with Crippen LogP contribution in [0.2, 0.25) is 0 Å². The van der Waals surface area contributed by atoms with Gasteiger partial charge < -0.3 is 4.74 Å². The van der Waals surface area contributed by atoms with Gasteiger partial charge in [-0.3, -0.25) is 9.59 Å². The average molecular weight is 210 g/mol. The minimum absolute atomic E-state index is 0.275. The number of ether oxygens (including phenoxy) is 1. The molecule has 1 aromatic carbocycles. The number of carbonyl (C=O) groups excluding carboxylic acids is 2. The lowest BCUT2D eigenvalue weighted by molar-refractivity contribution is -0.142. The summed E-state index contributed by atoms with van der Waals surface area (Å²) in [5.74, 6) is -1.27. The lowest BCUT2D eigenvalue weighted by Gasteiger charge is -2.06. The summed E-state index contributed by atoms with van der Waals surface area (Å²) >= 11 is 0. The van der Waals surface area contributed by atoms with Crippen molar-refractivity contribution >= 4 is 11.8 Å². The van der Waals surface area contributed by atoms with E-state index in [2.05, 4.69) is 4.74 Å². The van der Waals surface area contributed by atoms with Crippen LogP contribution in [-0.2, 0) is 9.53 Å². The van der Waals surface area contributed by atoms with Crippen LogP contribution in [0.25, 0.3) is 0 Å². The van der Waals surface area contributed by atoms with Crippen molar-refractivity contribution in [2.75, 3.05) is 6.61 Å². The van der Waals surface area contributed by atoms with Crippen molar-refractivity contribution in [3.05, 3.63) is 35.9 Å². The molecule has 0 saturated carbocycles. The first-order valence-electron chi connectivity index (χ1n) is 4.48. The van der Waals surface area contributed by atoms with Crippen molar-refractivity contribution in [3.8, 4) is 0 Å². The highest BCUT2D eigenvalue weighted by molar-refractivity contribution is 5.99. The topological polar surface area (TPSA) is 43.4 Å². The van der Waals surface area contributed by atoms with Gasteiger partial charge in [0.2, 0.25) is 0 Å². The molecule has 0 aliphatic rings. The Morgan fingerprint density at radius 3 is 2.47 bits per heavy atom. The van der Waals surface area contributed by atoms with Crippen molar-refractivity contribution < 1.29 is 18.7 Å². The van der Waals surface area contributed by atoms with Crippen LogP contribution in [0.5, 0.6) is 0 Å². The van der Waals surface area contributed by atoms with Gasteiger partial charge >= 0.3 is 5.97 Å². The Balaban J connectivity index is 2.57. The first kappa shape index (κ1) is 11.4. The average Bonchev–Trinajstić information content (AvgIpc) is 2.26. The monoisotopic (exact) mass is 210 g/mol. The molecule has 0 aromatic heterocycles. The predicted octanol–water partition coefficient (Wildman–Crippen LogP) is 1.77. The van der Waals surface area contributed by atoms with E-state index >= 15 is 0 Å². The molecule has 1 unspecified atom stereocenters. The van der Waals surface area contributed by atoms with E-state index in [0.717, 1.165) is 0 Å². The Morgan fingerprint density at radius 2 is 1.93 bits per heavy atom. The Labute approximate surface area is 86.9 Å². The van der Waals surface area contributed by atoms with E-state index in [-0.39, 0.29) is 5.56 Å². The fourth-order valence-electron chi connectivity index (χ4n) is 1.05. The molecular weight excluding hydrogens is 199 g/mol. The number of benzene rings is 1. The van der Waals surface area contributed by atoms with Crippen molar-refractivity contribution in [2.24, 2.45) is 0 Å². The van der Waals surface area contributed by atoms with Gasteiger partial charge in [-0.05, 0) is 0 Å². The van der Waals surface area contributed by atoms with Gasteiger partial charge in [-0.1, -0.05) is 30.3 Å². The molecule has 0 heterocycles. The molecule has 0 saturated heterocycles. The standard InChI is InChI=1S/C11H11FO3/c1-8(13)15-7-10(12)11(14)9-5-3-2-4-6-9/h2-6,10H,7H2,1H3. The van der Waals surface area contributed by atoms with Gasteiger partial charge in [0, 0.05) is 12.5 Å². The Morgan fingerprint density at radius 1 is 1.33 bits per heavy atom. The smallest absolute Gasteiger partial charge is 0.302 e. The molecule has 0 spiro atoms. The lowest BCUT2D eigenvalue weighted by Crippen LogP contribution is -2.22. The number of ketones is 1. The third-order valence-electron chi connectivity index (χ3n) is 1.78. The van der Waals surface area contributed by atoms with Gasteiger partial charge in [0.1, 0.15) is 6.61 Å². The molecule has 3 nitrogen and oxygen atoms in total. The summed E-state index contributed by atoms with van der Waals surface area (Å²) in [6, 6.07) is 8.05. The van der Waals surface area contributed by atoms with E-state index in [4.69, 9.17) is 0 Å². The first-order valence-corrected chi connectivity index (χ1v) is 4.48. The zero-order valence-electron chi connectivity index (χ0n) is 8.27. The third kappa shape index (κ3) is 3.50. The number of halogens is 1. The second kappa shape index (κ2) is 5.24. The van der Waals surface area contributed by atoms with Crippen LogP contribution in [0.4, 0.5) is 4.39 Å². The van der Waals surface area contributed by atoms with E-state index in [1.54, 1.807) is 18.2 Å². The van der Waals surface area contributed by atoms with E-state index < -0.39 is 24.5 Å². The van der Waals surface area contributed by atoms with Crippen molar-refractivity contribution in [1.29, 1.82) is 0 Å². The first-order chi connectivity index (χ1) is 7.11. The van der Waals surface area contributed by atoms with Crippen LogP contribution in [0, 0.1) is 0 Å². The molecule has 0 aliphatic carbocycles. The van der Waals surface area contributed by atoms with Gasteiger partial charge in [0.15, 0.2) is 12.0 Å². The molecule has 0 bridgehead atoms. The van der Waals surface area contributed by atoms with Gasteiger partial charge in [-0.25, -0.2) is 4.39 Å². The molecule has 80 valence electrons. The van der Waals surface area contributed by atoms with Crippen LogP contribution >= 0.6 is 0 Å². The van der Waals surface area contributed by atoms with Gasteiger partial charge in [0.25, 0.3) is 0 Å². The molecule has 0 amide bonds. The highest BCUT2D eigenvalue weighted by atomic mass is 19.1. The molecule has 1 atom stereocenters. The SMILES string of the molecule is CC(=O)OCC(F)C(=O)c1ccccc1. The Hall–Kier alpha value is -1.71. The van der Waals surface area contributed by atoms with Gasteiger partial charge in [0.05, 0.1) is 0 Å². The highest BCUT2D eigenvalue weighted by Crippen LogP contribution is 2.06. The summed E-state index contributed by atoms with van der Waals surface area (Å²) in [5.41, 5.74) is 0.275. The molecule has 0 N–H and O–H groups in total. The summed E-state index contributed by atoms with van der Waals surface area (Å²) in [6.45, 7) is 0.642. The quantitative estimate of drug-likeness (QED) is 0.562. The summed E-state index contributed by atoms with van der Waals surface area (Å²) in [6.07, 6.45) is -1.80. The van der Waals surface area contributed by atoms with Crippen LogP contribution in [-0.4, -0.2) is 24.5 Å². The predicted molar refractivity (Wildman–Crippen MR) is 52.3 cm³/mol. The summed E-state index contributed by atoms with van der Waals surface area (Å²) in [4.78, 5) is 21.8. The molecule has 1 aromatic rings. The van der Waals surface area contributed by atoms with Gasteiger partial charge in [-0.2, -0.15) is 0 Å². The van der Waals surface area contributed by atoms with E-state index in [0.29, 0.717) is 0 Å². The fourth-order valence-corrected chi connectivity index (χ4v) is 1.05. The Kier molecular flexibility index (Phi) is 3.97. The molecule has 4 heteroatoms. The second-order valence-corrected chi connectivity index (χ2v) is 3.00. The molecule has 0 radical (unpaired) electrons. The van der Waals surface area contributed by atoms with Crippen LogP contribution < -0.4 is 0 Å². The molecule has 15 heavy (non-hydrogen) atoms. The van der Waals surface area contributed by atoms with Gasteiger partial charge in [-0.15, -0.1) is 0 Å². The number of carbonyl (C=O) groups is 2. The number of hydrogen-bond donors (Lipinski definition) is 0. The number of hydrogen-bond acceptors (Lipinski definition) is 3. The van der Waals surface area contributed by atoms with E-state index in [1.807, 2.05) is 0 Å². The lowest BCUT2D eigenvalue weighted by atomic mass is 10.1. The summed E-state index contributed by atoms with van der Waals surface area (Å²) in [5, 5.41) is 0. The van der Waals surface area contributed by atoms with Crippen molar-refractivity contribution in [2.45, 2.75) is 13.1 Å². The number of rotatable bonds is 4. The minimum atomic E-state index is -1.80. The maximum atomic E-state index is 13.2. The second-order valence-electron chi connectivity index (χ2n) is 3.00. The maximum absolute atomic E-state index is 13.2. The van der Waals surface area contributed by atoms with Crippen LogP contribution in [0.3, 0.4) is 0 Å². The number of Topliss-reactive ketones (excluding diaryl/α,β-unsaturated/α-hetero) is 1. The maximum Gasteiger partial charge on any atom is 0.302 e. The largest absolute Gasteiger partial charge is 0.462 e. The van der Waals surface area contributed by atoms with Crippen molar-refractivity contribution in [3.63, 3.8) is 0 Å². The molecule has 1 rings (SSSR count). The molecular formula is C11H11FO3. The highest BCUT2D eigenvalue weighted by Gasteiger charge is 2.19. The molecule has 0 fully saturated rings. The fraction of sp³-hybridized carbons (Fsp3) is 0.273. The zero-order chi connectivity index (χ0) is 11.3. The number of alkyl halides is 1. The van der Waals surface area contributed by atoms with Crippen LogP contribution in [0.15, 0.2) is 30.3 Å². The van der Waals surface area contributed by atoms with Crippen LogP contribution in [0.1, 0.15) is 17.3 Å². The summed E-state index contributed by atoms with van der Waals surface area (Å²) < 4.78 is 17.6. The number of esters is 1. The van der Waals surface area contributed by atoms with Crippen molar-refractivity contribution in [1.82, 2.24) is 0 Å². The summed E-state index contributed by atoms with van der Waals surface area (Å²) in [7, 11) is 0. The van der Waals surface area contributed by atoms with E-state index in [1.165, 1.54) is 19.1 Å². The molecule has 0 aliphatic heterocycles.